The summed E-state index contributed by atoms with van der Waals surface area (Å²) in [5.74, 6) is 0.664. The highest BCUT2D eigenvalue weighted by Gasteiger charge is 2.26. The summed E-state index contributed by atoms with van der Waals surface area (Å²) in [6, 6.07) is 7.85. The fraction of sp³-hybridized carbons (Fsp3) is 0.529. The number of hydrogen-bond acceptors (Lipinski definition) is 3. The lowest BCUT2D eigenvalue weighted by atomic mass is 9.96. The number of likely N-dealkylation sites (tertiary alicyclic amines) is 1. The van der Waals surface area contributed by atoms with Crippen molar-refractivity contribution in [1.29, 1.82) is 0 Å². The molecule has 6 nitrogen and oxygen atoms in total. The summed E-state index contributed by atoms with van der Waals surface area (Å²) < 4.78 is 5.12. The standard InChI is InChI=1S/C17H25N3O3/c1-23-15-4-2-13(3-5-15)6-9-19-16(21)12-20-10-7-14(8-11-20)17(18)22/h2-5,14H,6-12H2,1H3,(H2,18,22)(H,19,21)/p+1. The van der Waals surface area contributed by atoms with E-state index in [0.717, 1.165) is 38.1 Å². The molecule has 6 heteroatoms. The van der Waals surface area contributed by atoms with Crippen molar-refractivity contribution in [3.05, 3.63) is 29.8 Å². The summed E-state index contributed by atoms with van der Waals surface area (Å²) in [7, 11) is 1.64. The van der Waals surface area contributed by atoms with Gasteiger partial charge in [0.05, 0.1) is 20.2 Å². The van der Waals surface area contributed by atoms with E-state index in [1.807, 2.05) is 24.3 Å². The second-order valence-electron chi connectivity index (χ2n) is 6.05. The molecule has 1 fully saturated rings. The fourth-order valence-electron chi connectivity index (χ4n) is 2.92. The lowest BCUT2D eigenvalue weighted by Gasteiger charge is -2.27. The van der Waals surface area contributed by atoms with Crippen molar-refractivity contribution in [1.82, 2.24) is 5.32 Å². The van der Waals surface area contributed by atoms with E-state index in [1.165, 1.54) is 10.5 Å². The molecule has 0 unspecified atom stereocenters. The molecule has 0 atom stereocenters. The first-order valence-electron chi connectivity index (χ1n) is 8.11. The number of methoxy groups -OCH3 is 1. The van der Waals surface area contributed by atoms with Crippen molar-refractivity contribution in [2.45, 2.75) is 19.3 Å². The molecule has 23 heavy (non-hydrogen) atoms. The van der Waals surface area contributed by atoms with Gasteiger partial charge < -0.3 is 20.7 Å². The molecule has 0 aliphatic carbocycles. The molecule has 0 spiro atoms. The first-order valence-corrected chi connectivity index (χ1v) is 8.11. The smallest absolute Gasteiger partial charge is 0.275 e. The van der Waals surface area contributed by atoms with Crippen LogP contribution < -0.4 is 20.7 Å². The van der Waals surface area contributed by atoms with Gasteiger partial charge >= 0.3 is 0 Å². The zero-order valence-corrected chi connectivity index (χ0v) is 13.6. The van der Waals surface area contributed by atoms with Gasteiger partial charge in [0.15, 0.2) is 6.54 Å². The van der Waals surface area contributed by atoms with Crippen molar-refractivity contribution < 1.29 is 19.2 Å². The molecule has 1 aliphatic heterocycles. The first kappa shape index (κ1) is 17.3. The molecular weight excluding hydrogens is 294 g/mol. The third-order valence-corrected chi connectivity index (χ3v) is 4.40. The van der Waals surface area contributed by atoms with Crippen LogP contribution in [0.4, 0.5) is 0 Å². The molecule has 1 saturated heterocycles. The molecule has 0 saturated carbocycles. The molecule has 1 aromatic rings. The number of carbonyl (C=O) groups excluding carboxylic acids is 2. The number of hydrogen-bond donors (Lipinski definition) is 3. The van der Waals surface area contributed by atoms with E-state index in [9.17, 15) is 9.59 Å². The molecular formula is C17H26N3O3+. The van der Waals surface area contributed by atoms with Crippen molar-refractivity contribution >= 4 is 11.8 Å². The van der Waals surface area contributed by atoms with Crippen LogP contribution in [0.5, 0.6) is 5.75 Å². The summed E-state index contributed by atoms with van der Waals surface area (Å²) in [5, 5.41) is 2.96. The first-order chi connectivity index (χ1) is 11.1. The monoisotopic (exact) mass is 320 g/mol. The predicted octanol–water partition coefficient (Wildman–Crippen LogP) is -0.866. The van der Waals surface area contributed by atoms with Crippen LogP contribution in [-0.2, 0) is 16.0 Å². The fourth-order valence-corrected chi connectivity index (χ4v) is 2.92. The second kappa shape index (κ2) is 8.53. The van der Waals surface area contributed by atoms with Gasteiger partial charge in [-0.05, 0) is 24.1 Å². The minimum Gasteiger partial charge on any atom is -0.497 e. The highest BCUT2D eigenvalue weighted by atomic mass is 16.5. The number of benzene rings is 1. The highest BCUT2D eigenvalue weighted by Crippen LogP contribution is 2.11. The summed E-state index contributed by atoms with van der Waals surface area (Å²) in [4.78, 5) is 24.3. The zero-order valence-electron chi connectivity index (χ0n) is 13.6. The topological polar surface area (TPSA) is 85.9 Å². The minimum atomic E-state index is -0.215. The Kier molecular flexibility index (Phi) is 6.40. The molecule has 4 N–H and O–H groups in total. The van der Waals surface area contributed by atoms with Crippen molar-refractivity contribution in [3.63, 3.8) is 0 Å². The van der Waals surface area contributed by atoms with Gasteiger partial charge in [0.25, 0.3) is 5.91 Å². The number of carbonyl (C=O) groups is 2. The average molecular weight is 320 g/mol. The summed E-state index contributed by atoms with van der Waals surface area (Å²) in [6.07, 6.45) is 2.36. The van der Waals surface area contributed by atoms with Crippen LogP contribution in [0.1, 0.15) is 18.4 Å². The maximum Gasteiger partial charge on any atom is 0.275 e. The van der Waals surface area contributed by atoms with Crippen LogP contribution in [-0.4, -0.2) is 45.1 Å². The summed E-state index contributed by atoms with van der Waals surface area (Å²) in [6.45, 7) is 2.76. The molecule has 0 aromatic heterocycles. The molecule has 0 radical (unpaired) electrons. The minimum absolute atomic E-state index is 0.0168. The van der Waals surface area contributed by atoms with E-state index in [0.29, 0.717) is 13.1 Å². The predicted molar refractivity (Wildman–Crippen MR) is 87.2 cm³/mol. The molecule has 2 amide bonds. The molecule has 1 aromatic carbocycles. The second-order valence-corrected chi connectivity index (χ2v) is 6.05. The number of quaternary nitrogens is 1. The Morgan fingerprint density at radius 2 is 1.91 bits per heavy atom. The van der Waals surface area contributed by atoms with Gasteiger partial charge in [-0.15, -0.1) is 0 Å². The Morgan fingerprint density at radius 1 is 1.26 bits per heavy atom. The third-order valence-electron chi connectivity index (χ3n) is 4.40. The van der Waals surface area contributed by atoms with Crippen LogP contribution >= 0.6 is 0 Å². The lowest BCUT2D eigenvalue weighted by molar-refractivity contribution is -0.897. The molecule has 1 aliphatic rings. The third kappa shape index (κ3) is 5.56. The van der Waals surface area contributed by atoms with E-state index in [2.05, 4.69) is 5.32 Å². The quantitative estimate of drug-likeness (QED) is 0.611. The Morgan fingerprint density at radius 3 is 2.48 bits per heavy atom. The summed E-state index contributed by atoms with van der Waals surface area (Å²) in [5.41, 5.74) is 6.49. The number of ether oxygens (including phenoxy) is 1. The van der Waals surface area contributed by atoms with Gasteiger partial charge in [0.1, 0.15) is 5.75 Å². The van der Waals surface area contributed by atoms with E-state index in [-0.39, 0.29) is 17.7 Å². The van der Waals surface area contributed by atoms with Crippen LogP contribution in [0.15, 0.2) is 24.3 Å². The molecule has 126 valence electrons. The number of nitrogens with two attached hydrogens (primary N) is 1. The Labute approximate surface area is 137 Å². The maximum absolute atomic E-state index is 12.0. The molecule has 2 rings (SSSR count). The Hall–Kier alpha value is -2.08. The summed E-state index contributed by atoms with van der Waals surface area (Å²) >= 11 is 0. The van der Waals surface area contributed by atoms with Crippen molar-refractivity contribution in [2.24, 2.45) is 11.7 Å². The Bertz CT molecular complexity index is 522. The van der Waals surface area contributed by atoms with Gasteiger partial charge in [0.2, 0.25) is 5.91 Å². The van der Waals surface area contributed by atoms with Crippen LogP contribution in [0.3, 0.4) is 0 Å². The number of piperidine rings is 1. The lowest BCUT2D eigenvalue weighted by Crippen LogP contribution is -3.14. The van der Waals surface area contributed by atoms with Crippen molar-refractivity contribution in [2.75, 3.05) is 33.3 Å². The van der Waals surface area contributed by atoms with Gasteiger partial charge in [-0.1, -0.05) is 12.1 Å². The van der Waals surface area contributed by atoms with Gasteiger partial charge in [0, 0.05) is 25.3 Å². The van der Waals surface area contributed by atoms with E-state index < -0.39 is 0 Å². The average Bonchev–Trinajstić information content (AvgIpc) is 2.56. The maximum atomic E-state index is 12.0. The van der Waals surface area contributed by atoms with Crippen molar-refractivity contribution in [3.8, 4) is 5.75 Å². The molecule has 1 heterocycles. The van der Waals surface area contributed by atoms with Gasteiger partial charge in [-0.2, -0.15) is 0 Å². The van der Waals surface area contributed by atoms with Crippen LogP contribution in [0.2, 0.25) is 0 Å². The largest absolute Gasteiger partial charge is 0.497 e. The van der Waals surface area contributed by atoms with Gasteiger partial charge in [-0.3, -0.25) is 9.59 Å². The van der Waals surface area contributed by atoms with E-state index in [4.69, 9.17) is 10.5 Å². The SMILES string of the molecule is COc1ccc(CCNC(=O)C[NH+]2CCC(C(N)=O)CC2)cc1. The molecule has 0 bridgehead atoms. The van der Waals surface area contributed by atoms with Gasteiger partial charge in [-0.25, -0.2) is 0 Å². The number of nitrogens with one attached hydrogen (secondary N) is 2. The zero-order chi connectivity index (χ0) is 16.7. The van der Waals surface area contributed by atoms with Crippen LogP contribution in [0.25, 0.3) is 0 Å². The van der Waals surface area contributed by atoms with Crippen LogP contribution in [0, 0.1) is 5.92 Å². The van der Waals surface area contributed by atoms with E-state index >= 15 is 0 Å². The highest BCUT2D eigenvalue weighted by molar-refractivity contribution is 5.77. The number of amides is 2. The van der Waals surface area contributed by atoms with E-state index in [1.54, 1.807) is 7.11 Å². The normalized spacial score (nSPS) is 20.7. The number of primary amides is 1. The number of rotatable bonds is 7. The Balaban J connectivity index is 1.64.